The van der Waals surface area contributed by atoms with Crippen LogP contribution in [0.4, 0.5) is 19.0 Å². The van der Waals surface area contributed by atoms with Gasteiger partial charge in [0, 0.05) is 18.2 Å². The van der Waals surface area contributed by atoms with Crippen LogP contribution in [0.2, 0.25) is 0 Å². The van der Waals surface area contributed by atoms with E-state index >= 15 is 0 Å². The van der Waals surface area contributed by atoms with Crippen LogP contribution in [0.5, 0.6) is 0 Å². The number of nitrogens with one attached hydrogen (secondary N) is 2. The van der Waals surface area contributed by atoms with Crippen molar-refractivity contribution in [3.8, 4) is 0 Å². The number of fused-ring (bicyclic) bond motifs is 1. The van der Waals surface area contributed by atoms with E-state index in [0.29, 0.717) is 23.0 Å². The molecule has 0 aliphatic carbocycles. The standard InChI is InChI=1S/C12H8F3N5.C5H11O8P/c13-7-1-6(9(15)8(14)2-7)3-16-11-10-12(18-4-17-10)20-5-19-11;6-3-2(1-12-14(9,10)11)13-5(8)4(3)7/h1-2,4-5H,3H2,(H2,16,17,18,19,20);2-8H,1H2,(H2,9,10,11)/t;2-,3-,4-,5?/m.1/s1. The number of phosphoric ester groups is 1. The van der Waals surface area contributed by atoms with Crippen molar-refractivity contribution in [1.82, 2.24) is 19.9 Å². The highest BCUT2D eigenvalue weighted by Crippen LogP contribution is 2.37. The Morgan fingerprint density at radius 2 is 1.85 bits per heavy atom. The van der Waals surface area contributed by atoms with Gasteiger partial charge in [-0.1, -0.05) is 0 Å². The van der Waals surface area contributed by atoms with E-state index in [1.807, 2.05) is 0 Å². The van der Waals surface area contributed by atoms with Gasteiger partial charge in [0.15, 0.2) is 29.4 Å². The number of aliphatic hydroxyl groups is 3. The van der Waals surface area contributed by atoms with E-state index in [9.17, 15) is 17.7 Å². The summed E-state index contributed by atoms with van der Waals surface area (Å²) in [6.07, 6.45) is -2.94. The minimum atomic E-state index is -4.64. The zero-order valence-electron chi connectivity index (χ0n) is 16.9. The van der Waals surface area contributed by atoms with Crippen molar-refractivity contribution in [2.24, 2.45) is 0 Å². The second kappa shape index (κ2) is 10.7. The van der Waals surface area contributed by atoms with E-state index in [2.05, 4.69) is 34.5 Å². The fourth-order valence-electron chi connectivity index (χ4n) is 2.85. The van der Waals surface area contributed by atoms with Crippen LogP contribution in [0.15, 0.2) is 24.8 Å². The Balaban J connectivity index is 0.000000204. The lowest BCUT2D eigenvalue weighted by Gasteiger charge is -2.14. The molecule has 0 amide bonds. The number of aromatic nitrogens is 4. The second-order valence-electron chi connectivity index (χ2n) is 6.87. The molecule has 186 valence electrons. The predicted molar refractivity (Wildman–Crippen MR) is 106 cm³/mol. The number of aliphatic hydroxyl groups excluding tert-OH is 3. The smallest absolute Gasteiger partial charge is 0.387 e. The van der Waals surface area contributed by atoms with Crippen LogP contribution in [0.25, 0.3) is 11.2 Å². The van der Waals surface area contributed by atoms with E-state index < -0.39 is 56.5 Å². The molecule has 1 fully saturated rings. The van der Waals surface area contributed by atoms with Crippen LogP contribution in [0, 0.1) is 17.5 Å². The van der Waals surface area contributed by atoms with Crippen LogP contribution in [-0.2, 0) is 20.4 Å². The normalized spacial score (nSPS) is 22.5. The molecule has 7 N–H and O–H groups in total. The van der Waals surface area contributed by atoms with E-state index in [-0.39, 0.29) is 12.1 Å². The fourth-order valence-corrected chi connectivity index (χ4v) is 3.19. The van der Waals surface area contributed by atoms with Crippen molar-refractivity contribution in [1.29, 1.82) is 0 Å². The average Bonchev–Trinajstić information content (AvgIpc) is 3.34. The number of hydrogen-bond donors (Lipinski definition) is 7. The van der Waals surface area contributed by atoms with Crippen molar-refractivity contribution < 1.29 is 52.1 Å². The number of imidazole rings is 1. The topological polar surface area (TPSA) is 203 Å². The zero-order chi connectivity index (χ0) is 25.0. The highest BCUT2D eigenvalue weighted by Gasteiger charge is 2.42. The van der Waals surface area contributed by atoms with Gasteiger partial charge >= 0.3 is 7.82 Å². The molecule has 1 saturated heterocycles. The summed E-state index contributed by atoms with van der Waals surface area (Å²) in [7, 11) is -4.64. The SMILES string of the molecule is Fc1cc(F)c(F)c(CNc2ncnc3nc[nH]c23)c1.O=P(O)(O)OC[C@H]1OC(O)[C@H](O)[C@@H]1O. The third-order valence-electron chi connectivity index (χ3n) is 4.48. The van der Waals surface area contributed by atoms with Crippen molar-refractivity contribution in [3.63, 3.8) is 0 Å². The van der Waals surface area contributed by atoms with E-state index in [4.69, 9.17) is 25.1 Å². The van der Waals surface area contributed by atoms with E-state index in [1.54, 1.807) is 0 Å². The summed E-state index contributed by atoms with van der Waals surface area (Å²) < 4.78 is 58.5. The van der Waals surface area contributed by atoms with Gasteiger partial charge < -0.3 is 40.1 Å². The van der Waals surface area contributed by atoms with Crippen LogP contribution in [0.3, 0.4) is 0 Å². The molecule has 1 unspecified atom stereocenters. The summed E-state index contributed by atoms with van der Waals surface area (Å²) in [6, 6.07) is 1.42. The molecule has 3 aromatic rings. The molecule has 2 aromatic heterocycles. The minimum Gasteiger partial charge on any atom is -0.387 e. The number of hydrogen-bond acceptors (Lipinski definition) is 10. The Bertz CT molecular complexity index is 1180. The lowest BCUT2D eigenvalue weighted by molar-refractivity contribution is -0.132. The Morgan fingerprint density at radius 1 is 1.12 bits per heavy atom. The van der Waals surface area contributed by atoms with E-state index in [0.717, 1.165) is 6.07 Å². The first kappa shape index (κ1) is 25.9. The van der Waals surface area contributed by atoms with Gasteiger partial charge in [-0.3, -0.25) is 4.52 Å². The van der Waals surface area contributed by atoms with E-state index in [1.165, 1.54) is 12.7 Å². The Labute approximate surface area is 188 Å². The second-order valence-corrected chi connectivity index (χ2v) is 8.11. The molecule has 0 spiro atoms. The number of benzene rings is 1. The van der Waals surface area contributed by atoms with Crippen molar-refractivity contribution >= 4 is 24.8 Å². The molecule has 4 rings (SSSR count). The number of phosphoric acid groups is 1. The molecule has 1 aliphatic rings. The molecular formula is C17H19F3N5O8P. The van der Waals surface area contributed by atoms with Gasteiger partial charge in [0.2, 0.25) is 0 Å². The molecule has 1 aliphatic heterocycles. The van der Waals surface area contributed by atoms with Crippen LogP contribution in [0.1, 0.15) is 5.56 Å². The van der Waals surface area contributed by atoms with Gasteiger partial charge in [0.1, 0.15) is 36.0 Å². The number of halogens is 3. The highest BCUT2D eigenvalue weighted by atomic mass is 31.2. The van der Waals surface area contributed by atoms with Gasteiger partial charge in [0.05, 0.1) is 12.9 Å². The monoisotopic (exact) mass is 509 g/mol. The Kier molecular flexibility index (Phi) is 8.17. The molecule has 4 atom stereocenters. The molecule has 17 heteroatoms. The van der Waals surface area contributed by atoms with Gasteiger partial charge in [-0.15, -0.1) is 0 Å². The molecule has 3 heterocycles. The Hall–Kier alpha value is -2.69. The molecule has 0 bridgehead atoms. The highest BCUT2D eigenvalue weighted by molar-refractivity contribution is 7.46. The summed E-state index contributed by atoms with van der Waals surface area (Å²) in [4.78, 5) is 31.3. The first-order valence-electron chi connectivity index (χ1n) is 9.37. The maximum Gasteiger partial charge on any atom is 0.469 e. The predicted octanol–water partition coefficient (Wildman–Crippen LogP) is -0.0830. The number of ether oxygens (including phenoxy) is 1. The molecule has 0 radical (unpaired) electrons. The van der Waals surface area contributed by atoms with Crippen molar-refractivity contribution in [2.45, 2.75) is 31.1 Å². The third-order valence-corrected chi connectivity index (χ3v) is 4.97. The first-order valence-corrected chi connectivity index (χ1v) is 10.9. The maximum atomic E-state index is 13.5. The summed E-state index contributed by atoms with van der Waals surface area (Å²) in [5.74, 6) is -2.78. The number of aromatic amines is 1. The van der Waals surface area contributed by atoms with Crippen LogP contribution < -0.4 is 5.32 Å². The molecule has 0 saturated carbocycles. The quantitative estimate of drug-likeness (QED) is 0.172. The van der Waals surface area contributed by atoms with Crippen LogP contribution >= 0.6 is 7.82 Å². The first-order chi connectivity index (χ1) is 16.0. The van der Waals surface area contributed by atoms with Gasteiger partial charge in [-0.05, 0) is 6.07 Å². The van der Waals surface area contributed by atoms with Crippen LogP contribution in [-0.4, -0.2) is 76.3 Å². The molecule has 13 nitrogen and oxygen atoms in total. The van der Waals surface area contributed by atoms with Crippen molar-refractivity contribution in [3.05, 3.63) is 47.8 Å². The number of rotatable bonds is 6. The largest absolute Gasteiger partial charge is 0.469 e. The lowest BCUT2D eigenvalue weighted by Crippen LogP contribution is -2.34. The van der Waals surface area contributed by atoms with Crippen molar-refractivity contribution in [2.75, 3.05) is 11.9 Å². The van der Waals surface area contributed by atoms with Gasteiger partial charge in [-0.2, -0.15) is 0 Å². The van der Waals surface area contributed by atoms with Gasteiger partial charge in [0.25, 0.3) is 0 Å². The third kappa shape index (κ3) is 6.46. The zero-order valence-corrected chi connectivity index (χ0v) is 17.8. The minimum absolute atomic E-state index is 0.119. The fraction of sp³-hybridized carbons (Fsp3) is 0.353. The van der Waals surface area contributed by atoms with Gasteiger partial charge in [-0.25, -0.2) is 32.7 Å². The molecule has 34 heavy (non-hydrogen) atoms. The lowest BCUT2D eigenvalue weighted by atomic mass is 10.1. The summed E-state index contributed by atoms with van der Waals surface area (Å²) in [5, 5.41) is 29.8. The number of anilines is 1. The summed E-state index contributed by atoms with van der Waals surface area (Å²) >= 11 is 0. The Morgan fingerprint density at radius 3 is 2.50 bits per heavy atom. The summed E-state index contributed by atoms with van der Waals surface area (Å²) in [5.41, 5.74) is 0.840. The number of H-pyrrole nitrogens is 1. The maximum absolute atomic E-state index is 13.5. The number of nitrogens with zero attached hydrogens (tertiary/aromatic N) is 3. The molecule has 1 aromatic carbocycles. The summed E-state index contributed by atoms with van der Waals surface area (Å²) in [6.45, 7) is -0.731. The molecular weight excluding hydrogens is 490 g/mol. The average molecular weight is 509 g/mol.